The molecule has 1 N–H and O–H groups in total. The number of carbonyl (C=O) groups is 1. The number of benzene rings is 1. The van der Waals surface area contributed by atoms with Gasteiger partial charge in [0.1, 0.15) is 0 Å². The summed E-state index contributed by atoms with van der Waals surface area (Å²) in [4.78, 5) is 10.6. The van der Waals surface area contributed by atoms with Crippen molar-refractivity contribution < 1.29 is 9.90 Å². The van der Waals surface area contributed by atoms with Gasteiger partial charge >= 0.3 is 5.97 Å². The number of hydrogen-bond donors (Lipinski definition) is 1. The monoisotopic (exact) mass is 296 g/mol. The number of rotatable bonds is 1. The van der Waals surface area contributed by atoms with Gasteiger partial charge in [0.05, 0.1) is 5.56 Å². The highest BCUT2D eigenvalue weighted by molar-refractivity contribution is 14.1. The van der Waals surface area contributed by atoms with E-state index in [-0.39, 0.29) is 0 Å². The van der Waals surface area contributed by atoms with Crippen LogP contribution < -0.4 is 0 Å². The largest absolute Gasteiger partial charge is 0.478 e. The normalized spacial score (nSPS) is 9.92. The van der Waals surface area contributed by atoms with Gasteiger partial charge in [-0.15, -0.1) is 0 Å². The number of aromatic carboxylic acids is 1. The van der Waals surface area contributed by atoms with Gasteiger partial charge in [0.15, 0.2) is 0 Å². The van der Waals surface area contributed by atoms with Gasteiger partial charge in [-0.3, -0.25) is 0 Å². The van der Waals surface area contributed by atoms with Crippen molar-refractivity contribution in [3.05, 3.63) is 31.9 Å². The Morgan fingerprint density at radius 3 is 2.67 bits per heavy atom. The zero-order chi connectivity index (χ0) is 9.30. The summed E-state index contributed by atoms with van der Waals surface area (Å²) in [6.07, 6.45) is 0. The highest BCUT2D eigenvalue weighted by Crippen LogP contribution is 2.23. The number of carboxylic acids is 1. The van der Waals surface area contributed by atoms with E-state index in [1.165, 1.54) is 6.07 Å². The van der Waals surface area contributed by atoms with E-state index in [1.54, 1.807) is 13.0 Å². The van der Waals surface area contributed by atoms with Crippen LogP contribution in [0, 0.1) is 10.5 Å². The summed E-state index contributed by atoms with van der Waals surface area (Å²) in [6.45, 7) is 1.80. The Hall–Kier alpha value is -0.290. The van der Waals surface area contributed by atoms with Gasteiger partial charge in [-0.05, 0) is 47.2 Å². The van der Waals surface area contributed by atoms with Crippen molar-refractivity contribution in [2.45, 2.75) is 6.92 Å². The van der Waals surface area contributed by atoms with Gasteiger partial charge in [0.25, 0.3) is 0 Å². The second-order valence-corrected chi connectivity index (χ2v) is 3.83. The molecule has 1 rings (SSSR count). The number of hydrogen-bond acceptors (Lipinski definition) is 1. The lowest BCUT2D eigenvalue weighted by atomic mass is 10.1. The SMILES string of the molecule is Cc1c(Cl)ccc(C(=O)O)c1I. The van der Waals surface area contributed by atoms with E-state index < -0.39 is 5.97 Å². The molecule has 0 unspecified atom stereocenters. The molecule has 0 saturated carbocycles. The van der Waals surface area contributed by atoms with Crippen LogP contribution in [0.3, 0.4) is 0 Å². The van der Waals surface area contributed by atoms with Crippen LogP contribution in [0.5, 0.6) is 0 Å². The minimum Gasteiger partial charge on any atom is -0.478 e. The van der Waals surface area contributed by atoms with Crippen molar-refractivity contribution >= 4 is 40.2 Å². The first-order chi connectivity index (χ1) is 5.54. The van der Waals surface area contributed by atoms with E-state index in [9.17, 15) is 4.79 Å². The van der Waals surface area contributed by atoms with E-state index >= 15 is 0 Å². The highest BCUT2D eigenvalue weighted by atomic mass is 127. The van der Waals surface area contributed by atoms with Crippen molar-refractivity contribution in [2.75, 3.05) is 0 Å². The molecule has 0 amide bonds. The van der Waals surface area contributed by atoms with Crippen LogP contribution in [0.1, 0.15) is 15.9 Å². The van der Waals surface area contributed by atoms with Crippen molar-refractivity contribution in [1.29, 1.82) is 0 Å². The lowest BCUT2D eigenvalue weighted by molar-refractivity contribution is 0.0695. The lowest BCUT2D eigenvalue weighted by Gasteiger charge is -2.03. The molecule has 0 aliphatic carbocycles. The summed E-state index contributed by atoms with van der Waals surface area (Å²) in [5.74, 6) is -0.917. The first-order valence-corrected chi connectivity index (χ1v) is 4.67. The van der Waals surface area contributed by atoms with Crippen molar-refractivity contribution in [1.82, 2.24) is 0 Å². The Labute approximate surface area is 88.7 Å². The van der Waals surface area contributed by atoms with E-state index in [0.29, 0.717) is 14.2 Å². The Balaban J connectivity index is 3.36. The molecule has 0 atom stereocenters. The summed E-state index contributed by atoms with van der Waals surface area (Å²) in [5.41, 5.74) is 1.12. The Morgan fingerprint density at radius 2 is 2.17 bits per heavy atom. The minimum atomic E-state index is -0.917. The fraction of sp³-hybridized carbons (Fsp3) is 0.125. The zero-order valence-electron chi connectivity index (χ0n) is 6.27. The van der Waals surface area contributed by atoms with Gasteiger partial charge in [-0.2, -0.15) is 0 Å². The lowest BCUT2D eigenvalue weighted by Crippen LogP contribution is -2.01. The molecule has 4 heteroatoms. The molecule has 0 saturated heterocycles. The second kappa shape index (κ2) is 3.62. The molecule has 0 heterocycles. The van der Waals surface area contributed by atoms with Crippen LogP contribution in [-0.2, 0) is 0 Å². The molecular weight excluding hydrogens is 290 g/mol. The topological polar surface area (TPSA) is 37.3 Å². The maximum Gasteiger partial charge on any atom is 0.336 e. The van der Waals surface area contributed by atoms with Crippen molar-refractivity contribution in [3.8, 4) is 0 Å². The number of carboxylic acid groups (broad SMARTS) is 1. The van der Waals surface area contributed by atoms with Crippen molar-refractivity contribution in [2.24, 2.45) is 0 Å². The molecule has 12 heavy (non-hydrogen) atoms. The van der Waals surface area contributed by atoms with Crippen molar-refractivity contribution in [3.63, 3.8) is 0 Å². The average molecular weight is 296 g/mol. The molecule has 0 bridgehead atoms. The first kappa shape index (κ1) is 9.80. The van der Waals surface area contributed by atoms with Gasteiger partial charge in [-0.25, -0.2) is 4.79 Å². The molecule has 0 aliphatic heterocycles. The van der Waals surface area contributed by atoms with Gasteiger partial charge in [-0.1, -0.05) is 11.6 Å². The summed E-state index contributed by atoms with van der Waals surface area (Å²) in [5, 5.41) is 9.33. The molecule has 0 aromatic heterocycles. The second-order valence-electron chi connectivity index (χ2n) is 2.34. The van der Waals surface area contributed by atoms with Crippen LogP contribution >= 0.6 is 34.2 Å². The molecule has 1 aromatic rings. The Kier molecular flexibility index (Phi) is 2.95. The van der Waals surface area contributed by atoms with Crippen LogP contribution in [-0.4, -0.2) is 11.1 Å². The van der Waals surface area contributed by atoms with Gasteiger partial charge in [0.2, 0.25) is 0 Å². The van der Waals surface area contributed by atoms with E-state index in [2.05, 4.69) is 0 Å². The predicted molar refractivity (Wildman–Crippen MR) is 55.9 cm³/mol. The Bertz CT molecular complexity index is 336. The molecule has 2 nitrogen and oxygen atoms in total. The molecule has 0 fully saturated rings. The molecule has 64 valence electrons. The maximum atomic E-state index is 10.6. The van der Waals surface area contributed by atoms with E-state index in [1.807, 2.05) is 22.6 Å². The molecular formula is C8H6ClIO2. The van der Waals surface area contributed by atoms with Crippen LogP contribution in [0.2, 0.25) is 5.02 Å². The van der Waals surface area contributed by atoms with Crippen LogP contribution in [0.15, 0.2) is 12.1 Å². The standard InChI is InChI=1S/C8H6ClIO2/c1-4-6(9)3-2-5(7(4)10)8(11)12/h2-3H,1H3,(H,11,12). The van der Waals surface area contributed by atoms with E-state index in [0.717, 1.165) is 5.56 Å². The summed E-state index contributed by atoms with van der Waals surface area (Å²) < 4.78 is 0.701. The smallest absolute Gasteiger partial charge is 0.336 e. The summed E-state index contributed by atoms with van der Waals surface area (Å²) in [6, 6.07) is 3.11. The fourth-order valence-electron chi connectivity index (χ4n) is 0.827. The number of halogens is 2. The van der Waals surface area contributed by atoms with Gasteiger partial charge < -0.3 is 5.11 Å². The summed E-state index contributed by atoms with van der Waals surface area (Å²) in [7, 11) is 0. The maximum absolute atomic E-state index is 10.6. The van der Waals surface area contributed by atoms with Crippen LogP contribution in [0.4, 0.5) is 0 Å². The third-order valence-electron chi connectivity index (χ3n) is 1.55. The quantitative estimate of drug-likeness (QED) is 0.809. The molecule has 0 radical (unpaired) electrons. The first-order valence-electron chi connectivity index (χ1n) is 3.22. The molecule has 0 aliphatic rings. The van der Waals surface area contributed by atoms with E-state index in [4.69, 9.17) is 16.7 Å². The van der Waals surface area contributed by atoms with Gasteiger partial charge in [0, 0.05) is 8.59 Å². The Morgan fingerprint density at radius 1 is 1.58 bits per heavy atom. The highest BCUT2D eigenvalue weighted by Gasteiger charge is 2.11. The average Bonchev–Trinajstić information content (AvgIpc) is 2.00. The predicted octanol–water partition coefficient (Wildman–Crippen LogP) is 2.95. The molecule has 0 spiro atoms. The zero-order valence-corrected chi connectivity index (χ0v) is 9.18. The minimum absolute atomic E-state index is 0.303. The third kappa shape index (κ3) is 1.72. The summed E-state index contributed by atoms with van der Waals surface area (Å²) >= 11 is 7.77. The third-order valence-corrected chi connectivity index (χ3v) is 3.35. The molecule has 1 aromatic carbocycles. The van der Waals surface area contributed by atoms with Crippen LogP contribution in [0.25, 0.3) is 0 Å². The fourth-order valence-corrected chi connectivity index (χ4v) is 1.84.